The van der Waals surface area contributed by atoms with Gasteiger partial charge in [-0.1, -0.05) is 11.6 Å². The number of hydrogen-bond donors (Lipinski definition) is 1. The lowest BCUT2D eigenvalue weighted by atomic mass is 10.2. The van der Waals surface area contributed by atoms with Crippen molar-refractivity contribution in [2.75, 3.05) is 11.9 Å². The van der Waals surface area contributed by atoms with Crippen molar-refractivity contribution >= 4 is 28.3 Å². The fourth-order valence-electron chi connectivity index (χ4n) is 1.98. The lowest BCUT2D eigenvalue weighted by Crippen LogP contribution is -2.00. The zero-order chi connectivity index (χ0) is 14.7. The number of rotatable bonds is 4. The van der Waals surface area contributed by atoms with Gasteiger partial charge in [0.05, 0.1) is 5.02 Å². The van der Waals surface area contributed by atoms with E-state index in [4.69, 9.17) is 16.3 Å². The summed E-state index contributed by atoms with van der Waals surface area (Å²) in [6.07, 6.45) is 3.16. The molecule has 0 aliphatic rings. The predicted octanol–water partition coefficient (Wildman–Crippen LogP) is 3.90. The molecule has 1 aromatic carbocycles. The molecule has 6 heteroatoms. The second-order valence-electron chi connectivity index (χ2n) is 4.32. The van der Waals surface area contributed by atoms with Crippen molar-refractivity contribution < 1.29 is 4.74 Å². The van der Waals surface area contributed by atoms with Crippen LogP contribution in [0.2, 0.25) is 5.02 Å². The van der Waals surface area contributed by atoms with Crippen LogP contribution in [-0.2, 0) is 0 Å². The Morgan fingerprint density at radius 3 is 2.95 bits per heavy atom. The molecule has 0 bridgehead atoms. The van der Waals surface area contributed by atoms with Crippen LogP contribution in [0.25, 0.3) is 10.9 Å². The quantitative estimate of drug-likeness (QED) is 0.792. The molecule has 0 atom stereocenters. The Morgan fingerprint density at radius 1 is 1.19 bits per heavy atom. The van der Waals surface area contributed by atoms with E-state index >= 15 is 0 Å². The summed E-state index contributed by atoms with van der Waals surface area (Å²) in [5.74, 6) is 1.78. The molecule has 0 aliphatic heterocycles. The predicted molar refractivity (Wildman–Crippen MR) is 83.0 cm³/mol. The van der Waals surface area contributed by atoms with E-state index in [0.717, 1.165) is 11.9 Å². The third kappa shape index (κ3) is 2.87. The summed E-state index contributed by atoms with van der Waals surface area (Å²) in [4.78, 5) is 12.5. The average Bonchev–Trinajstić information content (AvgIpc) is 2.51. The van der Waals surface area contributed by atoms with Crippen molar-refractivity contribution in [2.45, 2.75) is 6.92 Å². The molecule has 3 aromatic rings. The fraction of sp³-hybridized carbons (Fsp3) is 0.133. The van der Waals surface area contributed by atoms with Crippen molar-refractivity contribution in [3.8, 4) is 11.6 Å². The van der Waals surface area contributed by atoms with Gasteiger partial charge in [0.15, 0.2) is 5.75 Å². The van der Waals surface area contributed by atoms with E-state index < -0.39 is 0 Å². The number of hydrogen-bond acceptors (Lipinski definition) is 5. The van der Waals surface area contributed by atoms with Gasteiger partial charge >= 0.3 is 0 Å². The van der Waals surface area contributed by atoms with Crippen LogP contribution in [0.15, 0.2) is 42.9 Å². The van der Waals surface area contributed by atoms with Crippen LogP contribution < -0.4 is 10.1 Å². The highest BCUT2D eigenvalue weighted by atomic mass is 35.5. The molecule has 0 saturated heterocycles. The van der Waals surface area contributed by atoms with E-state index in [1.54, 1.807) is 24.4 Å². The SMILES string of the molecule is CCNc1cc(Oc2ccc(Cl)c3cccnc23)ncn1. The number of halogens is 1. The molecule has 106 valence electrons. The first kappa shape index (κ1) is 13.6. The monoisotopic (exact) mass is 300 g/mol. The fourth-order valence-corrected chi connectivity index (χ4v) is 2.20. The summed E-state index contributed by atoms with van der Waals surface area (Å²) in [6.45, 7) is 2.78. The summed E-state index contributed by atoms with van der Waals surface area (Å²) < 4.78 is 5.82. The largest absolute Gasteiger partial charge is 0.437 e. The van der Waals surface area contributed by atoms with Crippen molar-refractivity contribution in [3.05, 3.63) is 47.9 Å². The van der Waals surface area contributed by atoms with E-state index in [9.17, 15) is 0 Å². The molecule has 5 nitrogen and oxygen atoms in total. The molecule has 0 fully saturated rings. The number of pyridine rings is 1. The van der Waals surface area contributed by atoms with Crippen LogP contribution in [0.3, 0.4) is 0 Å². The number of nitrogens with one attached hydrogen (secondary N) is 1. The smallest absolute Gasteiger partial charge is 0.224 e. The summed E-state index contributed by atoms with van der Waals surface area (Å²) >= 11 is 6.17. The Morgan fingerprint density at radius 2 is 2.10 bits per heavy atom. The first-order valence-electron chi connectivity index (χ1n) is 6.55. The minimum Gasteiger partial charge on any atom is -0.437 e. The Labute approximate surface area is 127 Å². The minimum atomic E-state index is 0.454. The lowest BCUT2D eigenvalue weighted by Gasteiger charge is -2.09. The highest BCUT2D eigenvalue weighted by molar-refractivity contribution is 6.35. The first-order valence-corrected chi connectivity index (χ1v) is 6.92. The van der Waals surface area contributed by atoms with Gasteiger partial charge in [-0.15, -0.1) is 0 Å². The lowest BCUT2D eigenvalue weighted by molar-refractivity contribution is 0.466. The van der Waals surface area contributed by atoms with Gasteiger partial charge in [0.25, 0.3) is 0 Å². The molecule has 21 heavy (non-hydrogen) atoms. The maximum absolute atomic E-state index is 6.17. The van der Waals surface area contributed by atoms with E-state index in [1.807, 2.05) is 19.1 Å². The number of aromatic nitrogens is 3. The van der Waals surface area contributed by atoms with Gasteiger partial charge in [-0.2, -0.15) is 0 Å². The Hall–Kier alpha value is -2.40. The molecule has 0 aliphatic carbocycles. The van der Waals surface area contributed by atoms with Crippen LogP contribution in [0.1, 0.15) is 6.92 Å². The number of nitrogens with zero attached hydrogens (tertiary/aromatic N) is 3. The highest BCUT2D eigenvalue weighted by Crippen LogP contribution is 2.32. The summed E-state index contributed by atoms with van der Waals surface area (Å²) in [7, 11) is 0. The van der Waals surface area contributed by atoms with Gasteiger partial charge in [-0.25, -0.2) is 9.97 Å². The molecule has 0 radical (unpaired) electrons. The molecule has 2 aromatic heterocycles. The maximum Gasteiger partial charge on any atom is 0.224 e. The van der Waals surface area contributed by atoms with Crippen molar-refractivity contribution in [2.24, 2.45) is 0 Å². The van der Waals surface area contributed by atoms with Crippen LogP contribution in [-0.4, -0.2) is 21.5 Å². The molecule has 1 N–H and O–H groups in total. The zero-order valence-electron chi connectivity index (χ0n) is 11.4. The van der Waals surface area contributed by atoms with Gasteiger partial charge in [-0.05, 0) is 31.2 Å². The third-order valence-electron chi connectivity index (χ3n) is 2.89. The van der Waals surface area contributed by atoms with E-state index in [1.165, 1.54) is 6.33 Å². The first-order chi connectivity index (χ1) is 10.3. The summed E-state index contributed by atoms with van der Waals surface area (Å²) in [5, 5.41) is 4.60. The molecular formula is C15H13ClN4O. The standard InChI is InChI=1S/C15H13ClN4O/c1-2-17-13-8-14(20-9-19-13)21-12-6-5-11(16)10-4-3-7-18-15(10)12/h3-9H,2H2,1H3,(H,17,19,20). The van der Waals surface area contributed by atoms with Gasteiger partial charge < -0.3 is 10.1 Å². The normalized spacial score (nSPS) is 10.6. The second-order valence-corrected chi connectivity index (χ2v) is 4.73. The van der Waals surface area contributed by atoms with Crippen LogP contribution in [0.5, 0.6) is 11.6 Å². The van der Waals surface area contributed by atoms with Crippen LogP contribution in [0, 0.1) is 0 Å². The second kappa shape index (κ2) is 5.93. The molecule has 0 unspecified atom stereocenters. The molecule has 3 rings (SSSR count). The van der Waals surface area contributed by atoms with Crippen LogP contribution in [0.4, 0.5) is 5.82 Å². The number of fused-ring (bicyclic) bond motifs is 1. The molecule has 0 amide bonds. The van der Waals surface area contributed by atoms with Crippen molar-refractivity contribution in [3.63, 3.8) is 0 Å². The number of anilines is 1. The van der Waals surface area contributed by atoms with Gasteiger partial charge in [-0.3, -0.25) is 4.98 Å². The molecule has 0 saturated carbocycles. The summed E-state index contributed by atoms with van der Waals surface area (Å²) in [5.41, 5.74) is 0.702. The molecular weight excluding hydrogens is 288 g/mol. The highest BCUT2D eigenvalue weighted by Gasteiger charge is 2.09. The van der Waals surface area contributed by atoms with Crippen LogP contribution >= 0.6 is 11.6 Å². The third-order valence-corrected chi connectivity index (χ3v) is 3.22. The van der Waals surface area contributed by atoms with E-state index in [2.05, 4.69) is 20.3 Å². The van der Waals surface area contributed by atoms with Crippen molar-refractivity contribution in [1.82, 2.24) is 15.0 Å². The average molecular weight is 301 g/mol. The topological polar surface area (TPSA) is 59.9 Å². The maximum atomic E-state index is 6.17. The van der Waals surface area contributed by atoms with E-state index in [-0.39, 0.29) is 0 Å². The number of ether oxygens (including phenoxy) is 1. The van der Waals surface area contributed by atoms with Gasteiger partial charge in [0.2, 0.25) is 5.88 Å². The Bertz CT molecular complexity index is 778. The van der Waals surface area contributed by atoms with Gasteiger partial charge in [0.1, 0.15) is 17.7 Å². The minimum absolute atomic E-state index is 0.454. The van der Waals surface area contributed by atoms with Crippen molar-refractivity contribution in [1.29, 1.82) is 0 Å². The zero-order valence-corrected chi connectivity index (χ0v) is 12.1. The number of benzene rings is 1. The Balaban J connectivity index is 1.98. The summed E-state index contributed by atoms with van der Waals surface area (Å²) in [6, 6.07) is 9.06. The van der Waals surface area contributed by atoms with E-state index in [0.29, 0.717) is 28.0 Å². The Kier molecular flexibility index (Phi) is 3.83. The molecule has 0 spiro atoms. The van der Waals surface area contributed by atoms with Gasteiger partial charge in [0, 0.05) is 24.2 Å². The molecule has 2 heterocycles.